The predicted molar refractivity (Wildman–Crippen MR) is 108 cm³/mol. The molecule has 0 bridgehead atoms. The van der Waals surface area contributed by atoms with E-state index >= 15 is 0 Å². The van der Waals surface area contributed by atoms with Gasteiger partial charge in [-0.05, 0) is 68.3 Å². The first kappa shape index (κ1) is 19.4. The highest BCUT2D eigenvalue weighted by Gasteiger charge is 2.24. The fraction of sp³-hybridized carbons (Fsp3) is 0.333. The topological polar surface area (TPSA) is 58.6 Å². The number of carbonyl (C=O) groups excluding carboxylic acids is 2. The van der Waals surface area contributed by atoms with Crippen molar-refractivity contribution in [3.63, 3.8) is 0 Å². The van der Waals surface area contributed by atoms with Crippen molar-refractivity contribution in [2.24, 2.45) is 0 Å². The summed E-state index contributed by atoms with van der Waals surface area (Å²) in [6, 6.07) is 14.6. The summed E-state index contributed by atoms with van der Waals surface area (Å²) in [5, 5.41) is 3.07. The van der Waals surface area contributed by atoms with Gasteiger partial charge in [0, 0.05) is 34.7 Å². The molecular formula is C21H23BrN2O3. The molecule has 6 heteroatoms. The van der Waals surface area contributed by atoms with Gasteiger partial charge in [-0.3, -0.25) is 9.59 Å². The zero-order chi connectivity index (χ0) is 19.2. The fourth-order valence-corrected chi connectivity index (χ4v) is 3.40. The van der Waals surface area contributed by atoms with E-state index in [-0.39, 0.29) is 17.9 Å². The van der Waals surface area contributed by atoms with Crippen LogP contribution < -0.4 is 10.1 Å². The number of nitrogens with one attached hydrogen (secondary N) is 1. The minimum atomic E-state index is -0.0873. The highest BCUT2D eigenvalue weighted by molar-refractivity contribution is 9.10. The maximum atomic E-state index is 12.6. The Morgan fingerprint density at radius 3 is 2.22 bits per heavy atom. The molecule has 0 atom stereocenters. The van der Waals surface area contributed by atoms with Crippen LogP contribution in [-0.2, 0) is 0 Å². The summed E-state index contributed by atoms with van der Waals surface area (Å²) in [5.41, 5.74) is 1.31. The third-order valence-electron chi connectivity index (χ3n) is 4.64. The van der Waals surface area contributed by atoms with Crippen LogP contribution in [0.4, 0.5) is 0 Å². The van der Waals surface area contributed by atoms with Crippen LogP contribution in [0.5, 0.6) is 5.75 Å². The Hall–Kier alpha value is -2.34. The molecule has 0 radical (unpaired) electrons. The van der Waals surface area contributed by atoms with Gasteiger partial charge in [0.15, 0.2) is 0 Å². The lowest BCUT2D eigenvalue weighted by molar-refractivity contribution is 0.0698. The first-order valence-electron chi connectivity index (χ1n) is 9.15. The maximum Gasteiger partial charge on any atom is 0.253 e. The van der Waals surface area contributed by atoms with E-state index in [4.69, 9.17) is 4.74 Å². The lowest BCUT2D eigenvalue weighted by Gasteiger charge is -2.32. The normalized spacial score (nSPS) is 14.7. The minimum absolute atomic E-state index is 0.0405. The number of halogens is 1. The number of hydrogen-bond acceptors (Lipinski definition) is 3. The summed E-state index contributed by atoms with van der Waals surface area (Å²) in [6.07, 6.45) is 1.51. The number of nitrogens with zero attached hydrogens (tertiary/aromatic N) is 1. The molecule has 27 heavy (non-hydrogen) atoms. The molecule has 1 aliphatic heterocycles. The largest absolute Gasteiger partial charge is 0.494 e. The van der Waals surface area contributed by atoms with E-state index in [1.165, 1.54) is 0 Å². The number of piperidine rings is 1. The second-order valence-corrected chi connectivity index (χ2v) is 7.42. The summed E-state index contributed by atoms with van der Waals surface area (Å²) >= 11 is 3.38. The minimum Gasteiger partial charge on any atom is -0.494 e. The van der Waals surface area contributed by atoms with Crippen molar-refractivity contribution in [1.82, 2.24) is 10.2 Å². The van der Waals surface area contributed by atoms with E-state index in [0.717, 1.165) is 23.1 Å². The Morgan fingerprint density at radius 1 is 1.04 bits per heavy atom. The van der Waals surface area contributed by atoms with Gasteiger partial charge in [-0.2, -0.15) is 0 Å². The highest BCUT2D eigenvalue weighted by Crippen LogP contribution is 2.17. The van der Waals surface area contributed by atoms with E-state index in [1.807, 2.05) is 36.1 Å². The van der Waals surface area contributed by atoms with E-state index in [2.05, 4.69) is 21.2 Å². The molecule has 1 saturated heterocycles. The molecule has 1 fully saturated rings. The zero-order valence-electron chi connectivity index (χ0n) is 15.3. The molecule has 3 rings (SSSR count). The third-order valence-corrected chi connectivity index (χ3v) is 5.16. The molecule has 0 aromatic heterocycles. The van der Waals surface area contributed by atoms with E-state index < -0.39 is 0 Å². The molecule has 142 valence electrons. The molecule has 2 aromatic carbocycles. The summed E-state index contributed by atoms with van der Waals surface area (Å²) in [5.74, 6) is 0.711. The molecule has 2 aromatic rings. The SMILES string of the molecule is CCOc1ccc(C(=O)NC2CCN(C(=O)c3ccc(Br)cc3)CC2)cc1. The fourth-order valence-electron chi connectivity index (χ4n) is 3.14. The monoisotopic (exact) mass is 430 g/mol. The molecule has 5 nitrogen and oxygen atoms in total. The average Bonchev–Trinajstić information content (AvgIpc) is 2.69. The van der Waals surface area contributed by atoms with Crippen molar-refractivity contribution >= 4 is 27.7 Å². The van der Waals surface area contributed by atoms with E-state index in [1.54, 1.807) is 24.3 Å². The van der Waals surface area contributed by atoms with Gasteiger partial charge in [0.1, 0.15) is 5.75 Å². The van der Waals surface area contributed by atoms with Gasteiger partial charge in [0.05, 0.1) is 6.61 Å². The van der Waals surface area contributed by atoms with Crippen molar-refractivity contribution < 1.29 is 14.3 Å². The van der Waals surface area contributed by atoms with Crippen LogP contribution >= 0.6 is 15.9 Å². The molecule has 1 N–H and O–H groups in total. The van der Waals surface area contributed by atoms with Crippen LogP contribution in [-0.4, -0.2) is 42.5 Å². The van der Waals surface area contributed by atoms with Gasteiger partial charge in [0.25, 0.3) is 11.8 Å². The molecule has 1 aliphatic rings. The first-order chi connectivity index (χ1) is 13.1. The Morgan fingerprint density at radius 2 is 1.63 bits per heavy atom. The van der Waals surface area contributed by atoms with Crippen LogP contribution in [0, 0.1) is 0 Å². The molecule has 0 saturated carbocycles. The van der Waals surface area contributed by atoms with Gasteiger partial charge in [-0.25, -0.2) is 0 Å². The van der Waals surface area contributed by atoms with E-state index in [0.29, 0.717) is 30.8 Å². The van der Waals surface area contributed by atoms with Crippen LogP contribution in [0.2, 0.25) is 0 Å². The predicted octanol–water partition coefficient (Wildman–Crippen LogP) is 3.88. The molecule has 2 amide bonds. The number of rotatable bonds is 5. The van der Waals surface area contributed by atoms with Gasteiger partial charge >= 0.3 is 0 Å². The molecule has 1 heterocycles. The summed E-state index contributed by atoms with van der Waals surface area (Å²) in [7, 11) is 0. The second-order valence-electron chi connectivity index (χ2n) is 6.50. The smallest absolute Gasteiger partial charge is 0.253 e. The quantitative estimate of drug-likeness (QED) is 0.782. The van der Waals surface area contributed by atoms with Gasteiger partial charge < -0.3 is 15.0 Å². The van der Waals surface area contributed by atoms with Crippen molar-refractivity contribution in [3.05, 3.63) is 64.1 Å². The van der Waals surface area contributed by atoms with Crippen LogP contribution in [0.1, 0.15) is 40.5 Å². The maximum absolute atomic E-state index is 12.6. The lowest BCUT2D eigenvalue weighted by Crippen LogP contribution is -2.46. The van der Waals surface area contributed by atoms with Crippen molar-refractivity contribution in [2.75, 3.05) is 19.7 Å². The first-order valence-corrected chi connectivity index (χ1v) is 9.94. The van der Waals surface area contributed by atoms with Crippen molar-refractivity contribution in [1.29, 1.82) is 0 Å². The summed E-state index contributed by atoms with van der Waals surface area (Å²) < 4.78 is 6.35. The Kier molecular flexibility index (Phi) is 6.50. The number of hydrogen-bond donors (Lipinski definition) is 1. The van der Waals surface area contributed by atoms with E-state index in [9.17, 15) is 9.59 Å². The number of carbonyl (C=O) groups is 2. The molecule has 0 aliphatic carbocycles. The van der Waals surface area contributed by atoms with Crippen LogP contribution in [0.3, 0.4) is 0 Å². The van der Waals surface area contributed by atoms with Gasteiger partial charge in [-0.15, -0.1) is 0 Å². The third kappa shape index (κ3) is 5.10. The van der Waals surface area contributed by atoms with Crippen LogP contribution in [0.15, 0.2) is 53.0 Å². The zero-order valence-corrected chi connectivity index (χ0v) is 16.9. The lowest BCUT2D eigenvalue weighted by atomic mass is 10.0. The number of likely N-dealkylation sites (tertiary alicyclic amines) is 1. The molecule has 0 spiro atoms. The van der Waals surface area contributed by atoms with Gasteiger partial charge in [-0.1, -0.05) is 15.9 Å². The number of benzene rings is 2. The average molecular weight is 431 g/mol. The number of amides is 2. The van der Waals surface area contributed by atoms with Crippen LogP contribution in [0.25, 0.3) is 0 Å². The Bertz CT molecular complexity index is 782. The van der Waals surface area contributed by atoms with Crippen molar-refractivity contribution in [2.45, 2.75) is 25.8 Å². The summed E-state index contributed by atoms with van der Waals surface area (Å²) in [4.78, 5) is 26.8. The molecule has 0 unspecified atom stereocenters. The number of ether oxygens (including phenoxy) is 1. The second kappa shape index (κ2) is 9.04. The summed E-state index contributed by atoms with van der Waals surface area (Å²) in [6.45, 7) is 3.81. The highest BCUT2D eigenvalue weighted by atomic mass is 79.9. The van der Waals surface area contributed by atoms with Crippen molar-refractivity contribution in [3.8, 4) is 5.75 Å². The Balaban J connectivity index is 1.50. The van der Waals surface area contributed by atoms with Gasteiger partial charge in [0.2, 0.25) is 0 Å². The standard InChI is InChI=1S/C21H23BrN2O3/c1-2-27-19-9-5-15(6-10-19)20(25)23-18-11-13-24(14-12-18)21(26)16-3-7-17(22)8-4-16/h3-10,18H,2,11-14H2,1H3,(H,23,25). The Labute approximate surface area is 167 Å². The molecular weight excluding hydrogens is 408 g/mol.